The van der Waals surface area contributed by atoms with Crippen LogP contribution in [0.1, 0.15) is 29.3 Å². The Labute approximate surface area is 196 Å². The van der Waals surface area contributed by atoms with E-state index in [0.717, 1.165) is 30.3 Å². The van der Waals surface area contributed by atoms with E-state index >= 15 is 0 Å². The van der Waals surface area contributed by atoms with E-state index < -0.39 is 41.5 Å². The maximum atomic E-state index is 14.2. The monoisotopic (exact) mass is 496 g/mol. The van der Waals surface area contributed by atoms with Gasteiger partial charge >= 0.3 is 6.03 Å². The molecule has 1 unspecified atom stereocenters. The van der Waals surface area contributed by atoms with Crippen LogP contribution in [0.15, 0.2) is 30.3 Å². The van der Waals surface area contributed by atoms with Crippen LogP contribution >= 0.6 is 0 Å². The van der Waals surface area contributed by atoms with Crippen LogP contribution in [-0.2, 0) is 11.3 Å². The van der Waals surface area contributed by atoms with E-state index in [4.69, 9.17) is 15.2 Å². The Morgan fingerprint density at radius 2 is 1.91 bits per heavy atom. The topological polar surface area (TPSA) is 89.7 Å². The number of benzene rings is 2. The minimum atomic E-state index is -3.06. The van der Waals surface area contributed by atoms with Gasteiger partial charge in [0.25, 0.3) is 6.43 Å². The molecule has 2 amide bonds. The van der Waals surface area contributed by atoms with Crippen molar-refractivity contribution in [3.05, 3.63) is 64.6 Å². The van der Waals surface area contributed by atoms with Gasteiger partial charge in [-0.1, -0.05) is 0 Å². The minimum Gasteiger partial charge on any atom is -0.476 e. The zero-order valence-corrected chi connectivity index (χ0v) is 18.5. The lowest BCUT2D eigenvalue weighted by atomic mass is 9.95. The first-order valence-corrected chi connectivity index (χ1v) is 10.5. The number of fused-ring (bicyclic) bond motifs is 3. The summed E-state index contributed by atoms with van der Waals surface area (Å²) in [4.78, 5) is 18.5. The molecule has 2 heterocycles. The van der Waals surface area contributed by atoms with Gasteiger partial charge in [0.2, 0.25) is 5.88 Å². The first kappa shape index (κ1) is 24.6. The fourth-order valence-corrected chi connectivity index (χ4v) is 3.89. The Bertz CT molecular complexity index is 1270. The third kappa shape index (κ3) is 4.84. The predicted molar refractivity (Wildman–Crippen MR) is 117 cm³/mol. The van der Waals surface area contributed by atoms with E-state index in [1.165, 1.54) is 11.9 Å². The standard InChI is InChI=1S/C23H21F5N4O3/c1-32(23(33)30-11-2-3-15(24)14(6-11)21(27)28)19-10-34-9-18-20(19)12-7-16(25)17(26)8-13(12)22(31-18)35-5-4-29/h2-3,6-8,19,21H,4-5,9-10,29H2,1H3,(H,30,33). The largest absolute Gasteiger partial charge is 0.476 e. The highest BCUT2D eigenvalue weighted by molar-refractivity contribution is 5.93. The van der Waals surface area contributed by atoms with Gasteiger partial charge in [0, 0.05) is 30.2 Å². The molecule has 2 aromatic carbocycles. The number of likely N-dealkylation sites (N-methyl/N-ethyl adjacent to an activating group) is 1. The molecule has 3 N–H and O–H groups in total. The van der Waals surface area contributed by atoms with Gasteiger partial charge in [0.05, 0.1) is 30.5 Å². The van der Waals surface area contributed by atoms with Gasteiger partial charge in [-0.2, -0.15) is 0 Å². The first-order valence-electron chi connectivity index (χ1n) is 10.5. The number of aromatic nitrogens is 1. The van der Waals surface area contributed by atoms with Gasteiger partial charge in [0.1, 0.15) is 12.4 Å². The molecule has 1 aliphatic heterocycles. The summed E-state index contributed by atoms with van der Waals surface area (Å²) in [5.74, 6) is -3.25. The number of rotatable bonds is 6. The van der Waals surface area contributed by atoms with E-state index in [1.54, 1.807) is 0 Å². The number of nitrogens with one attached hydrogen (secondary N) is 1. The number of alkyl halides is 2. The molecule has 0 saturated carbocycles. The third-order valence-corrected chi connectivity index (χ3v) is 5.60. The smallest absolute Gasteiger partial charge is 0.322 e. The van der Waals surface area contributed by atoms with Crippen molar-refractivity contribution in [1.29, 1.82) is 0 Å². The SMILES string of the molecule is CN(C(=O)Nc1ccc(F)c(C(F)F)c1)C1COCc2nc(OCCN)c3cc(F)c(F)cc3c21. The summed E-state index contributed by atoms with van der Waals surface area (Å²) in [6, 6.07) is 3.25. The average Bonchev–Trinajstić information content (AvgIpc) is 2.83. The van der Waals surface area contributed by atoms with E-state index in [2.05, 4.69) is 10.3 Å². The van der Waals surface area contributed by atoms with Gasteiger partial charge < -0.3 is 25.4 Å². The van der Waals surface area contributed by atoms with Crippen molar-refractivity contribution in [3.63, 3.8) is 0 Å². The number of anilines is 1. The molecule has 0 bridgehead atoms. The zero-order chi connectivity index (χ0) is 25.3. The third-order valence-electron chi connectivity index (χ3n) is 5.60. The van der Waals surface area contributed by atoms with Crippen LogP contribution in [0.25, 0.3) is 10.8 Å². The molecule has 12 heteroatoms. The van der Waals surface area contributed by atoms with Crippen molar-refractivity contribution in [2.75, 3.05) is 32.1 Å². The molecule has 1 aromatic heterocycles. The number of carbonyl (C=O) groups is 1. The summed E-state index contributed by atoms with van der Waals surface area (Å²) < 4.78 is 79.0. The fraction of sp³-hybridized carbons (Fsp3) is 0.304. The number of amides is 2. The second-order valence-electron chi connectivity index (χ2n) is 7.84. The Morgan fingerprint density at radius 1 is 1.20 bits per heavy atom. The summed E-state index contributed by atoms with van der Waals surface area (Å²) in [5, 5.41) is 2.90. The van der Waals surface area contributed by atoms with E-state index in [9.17, 15) is 26.7 Å². The number of nitrogens with zero attached hydrogens (tertiary/aromatic N) is 2. The number of hydrogen-bond donors (Lipinski definition) is 2. The second kappa shape index (κ2) is 10.0. The Kier molecular flexibility index (Phi) is 7.03. The second-order valence-corrected chi connectivity index (χ2v) is 7.84. The maximum Gasteiger partial charge on any atom is 0.322 e. The molecule has 1 aliphatic rings. The summed E-state index contributed by atoms with van der Waals surface area (Å²) >= 11 is 0. The maximum absolute atomic E-state index is 14.2. The number of nitrogens with two attached hydrogens (primary N) is 1. The molecule has 0 aliphatic carbocycles. The number of halogens is 5. The molecule has 0 saturated heterocycles. The summed E-state index contributed by atoms with van der Waals surface area (Å²) in [6.07, 6.45) is -3.06. The van der Waals surface area contributed by atoms with Crippen molar-refractivity contribution in [2.24, 2.45) is 5.73 Å². The van der Waals surface area contributed by atoms with Gasteiger partial charge in [-0.05, 0) is 35.7 Å². The van der Waals surface area contributed by atoms with Crippen molar-refractivity contribution in [1.82, 2.24) is 9.88 Å². The van der Waals surface area contributed by atoms with Gasteiger partial charge in [0.15, 0.2) is 11.6 Å². The van der Waals surface area contributed by atoms with Crippen LogP contribution in [0.5, 0.6) is 5.88 Å². The van der Waals surface area contributed by atoms with Crippen LogP contribution in [0.3, 0.4) is 0 Å². The molecule has 0 spiro atoms. The van der Waals surface area contributed by atoms with Gasteiger partial charge in [-0.25, -0.2) is 31.7 Å². The lowest BCUT2D eigenvalue weighted by Gasteiger charge is -2.34. The number of urea groups is 1. The Hall–Kier alpha value is -3.51. The van der Waals surface area contributed by atoms with Gasteiger partial charge in [-0.3, -0.25) is 0 Å². The molecule has 186 valence electrons. The molecule has 4 rings (SSSR count). The zero-order valence-electron chi connectivity index (χ0n) is 18.5. The van der Waals surface area contributed by atoms with Crippen molar-refractivity contribution < 1.29 is 36.2 Å². The van der Waals surface area contributed by atoms with Crippen molar-refractivity contribution in [3.8, 4) is 5.88 Å². The summed E-state index contributed by atoms with van der Waals surface area (Å²) in [5.41, 5.74) is 5.36. The summed E-state index contributed by atoms with van der Waals surface area (Å²) in [7, 11) is 1.42. The lowest BCUT2D eigenvalue weighted by molar-refractivity contribution is 0.0524. The first-order chi connectivity index (χ1) is 16.7. The Balaban J connectivity index is 1.71. The fourth-order valence-electron chi connectivity index (χ4n) is 3.89. The molecule has 7 nitrogen and oxygen atoms in total. The van der Waals surface area contributed by atoms with E-state index in [1.807, 2.05) is 0 Å². The van der Waals surface area contributed by atoms with Crippen LogP contribution in [0.4, 0.5) is 32.4 Å². The van der Waals surface area contributed by atoms with Crippen LogP contribution in [0.2, 0.25) is 0 Å². The van der Waals surface area contributed by atoms with Crippen molar-refractivity contribution >= 4 is 22.5 Å². The van der Waals surface area contributed by atoms with Crippen molar-refractivity contribution in [2.45, 2.75) is 19.1 Å². The highest BCUT2D eigenvalue weighted by Crippen LogP contribution is 2.39. The number of ether oxygens (including phenoxy) is 2. The summed E-state index contributed by atoms with van der Waals surface area (Å²) in [6.45, 7) is 0.291. The van der Waals surface area contributed by atoms with E-state index in [-0.39, 0.29) is 48.7 Å². The normalized spacial score (nSPS) is 15.3. The molecular formula is C23H21F5N4O3. The lowest BCUT2D eigenvalue weighted by Crippen LogP contribution is -2.39. The predicted octanol–water partition coefficient (Wildman–Crippen LogP) is 4.66. The Morgan fingerprint density at radius 3 is 2.60 bits per heavy atom. The molecule has 0 radical (unpaired) electrons. The quantitative estimate of drug-likeness (QED) is 0.485. The molecular weight excluding hydrogens is 475 g/mol. The highest BCUT2D eigenvalue weighted by atomic mass is 19.3. The minimum absolute atomic E-state index is 0.00139. The molecule has 1 atom stereocenters. The van der Waals surface area contributed by atoms with Crippen LogP contribution in [0, 0.1) is 17.5 Å². The number of pyridine rings is 1. The number of hydrogen-bond acceptors (Lipinski definition) is 5. The average molecular weight is 496 g/mol. The van der Waals surface area contributed by atoms with E-state index in [0.29, 0.717) is 11.3 Å². The molecule has 0 fully saturated rings. The van der Waals surface area contributed by atoms with Gasteiger partial charge in [-0.15, -0.1) is 0 Å². The molecule has 3 aromatic rings. The molecule has 35 heavy (non-hydrogen) atoms. The highest BCUT2D eigenvalue weighted by Gasteiger charge is 2.32. The number of carbonyl (C=O) groups excluding carboxylic acids is 1. The van der Waals surface area contributed by atoms with Crippen LogP contribution in [-0.4, -0.2) is 42.7 Å². The van der Waals surface area contributed by atoms with Crippen LogP contribution < -0.4 is 15.8 Å².